The molecule has 1 N–H and O–H groups in total. The molecule has 1 amide bonds. The zero-order valence-electron chi connectivity index (χ0n) is 9.98. The van der Waals surface area contributed by atoms with Crippen molar-refractivity contribution in [2.24, 2.45) is 0 Å². The van der Waals surface area contributed by atoms with E-state index in [1.807, 2.05) is 31.2 Å². The van der Waals surface area contributed by atoms with Crippen molar-refractivity contribution in [2.45, 2.75) is 13.3 Å². The van der Waals surface area contributed by atoms with Gasteiger partial charge in [0.25, 0.3) is 0 Å². The molecule has 4 heteroatoms. The van der Waals surface area contributed by atoms with Gasteiger partial charge in [-0.25, -0.2) is 0 Å². The number of hydrogen-bond acceptors (Lipinski definition) is 2. The van der Waals surface area contributed by atoms with E-state index in [0.717, 1.165) is 11.1 Å². The molecule has 1 heterocycles. The standard InChI is InChI=1S/C14H13ClN2O/c1-10-3-2-4-11(7-10)8-14(18)17-13-9-16-6-5-12(13)15/h2-7,9H,8H2,1H3,(H,17,18). The molecule has 0 saturated carbocycles. The molecular weight excluding hydrogens is 248 g/mol. The summed E-state index contributed by atoms with van der Waals surface area (Å²) in [5.41, 5.74) is 2.66. The van der Waals surface area contributed by atoms with Gasteiger partial charge in [0.05, 0.1) is 23.3 Å². The largest absolute Gasteiger partial charge is 0.323 e. The molecule has 2 rings (SSSR count). The van der Waals surface area contributed by atoms with Crippen LogP contribution in [0.2, 0.25) is 5.02 Å². The Morgan fingerprint density at radius 3 is 2.94 bits per heavy atom. The summed E-state index contributed by atoms with van der Waals surface area (Å²) >= 11 is 5.94. The fourth-order valence-corrected chi connectivity index (χ4v) is 1.82. The minimum Gasteiger partial charge on any atom is -0.323 e. The maximum atomic E-state index is 11.8. The van der Waals surface area contributed by atoms with Gasteiger partial charge in [-0.05, 0) is 18.6 Å². The Balaban J connectivity index is 2.03. The molecule has 0 radical (unpaired) electrons. The molecule has 2 aromatic rings. The molecule has 1 aromatic heterocycles. The van der Waals surface area contributed by atoms with E-state index in [-0.39, 0.29) is 5.91 Å². The topological polar surface area (TPSA) is 42.0 Å². The highest BCUT2D eigenvalue weighted by Gasteiger charge is 2.06. The number of nitrogens with zero attached hydrogens (tertiary/aromatic N) is 1. The van der Waals surface area contributed by atoms with Crippen LogP contribution < -0.4 is 5.32 Å². The van der Waals surface area contributed by atoms with Crippen LogP contribution in [0.4, 0.5) is 5.69 Å². The minimum absolute atomic E-state index is 0.101. The average Bonchev–Trinajstić information content (AvgIpc) is 2.32. The maximum absolute atomic E-state index is 11.8. The van der Waals surface area contributed by atoms with Crippen LogP contribution in [0.1, 0.15) is 11.1 Å². The monoisotopic (exact) mass is 260 g/mol. The lowest BCUT2D eigenvalue weighted by atomic mass is 10.1. The van der Waals surface area contributed by atoms with Crippen molar-refractivity contribution < 1.29 is 4.79 Å². The van der Waals surface area contributed by atoms with E-state index < -0.39 is 0 Å². The van der Waals surface area contributed by atoms with E-state index in [0.29, 0.717) is 17.1 Å². The third-order valence-corrected chi connectivity index (χ3v) is 2.82. The quantitative estimate of drug-likeness (QED) is 0.921. The van der Waals surface area contributed by atoms with Crippen LogP contribution in [0, 0.1) is 6.92 Å². The molecular formula is C14H13ClN2O. The SMILES string of the molecule is Cc1cccc(CC(=O)Nc2cnccc2Cl)c1. The Morgan fingerprint density at radius 2 is 2.22 bits per heavy atom. The summed E-state index contributed by atoms with van der Waals surface area (Å²) in [5, 5.41) is 3.23. The minimum atomic E-state index is -0.101. The van der Waals surface area contributed by atoms with Crippen molar-refractivity contribution in [3.05, 3.63) is 58.9 Å². The maximum Gasteiger partial charge on any atom is 0.228 e. The molecule has 0 saturated heterocycles. The molecule has 0 fully saturated rings. The number of anilines is 1. The van der Waals surface area contributed by atoms with Crippen molar-refractivity contribution in [3.63, 3.8) is 0 Å². The van der Waals surface area contributed by atoms with Gasteiger partial charge in [-0.15, -0.1) is 0 Å². The first-order chi connectivity index (χ1) is 8.65. The predicted octanol–water partition coefficient (Wildman–Crippen LogP) is 3.22. The lowest BCUT2D eigenvalue weighted by Crippen LogP contribution is -2.14. The highest BCUT2D eigenvalue weighted by molar-refractivity contribution is 6.33. The molecule has 0 aliphatic heterocycles. The van der Waals surface area contributed by atoms with Crippen LogP contribution in [-0.4, -0.2) is 10.9 Å². The van der Waals surface area contributed by atoms with Gasteiger partial charge in [0.15, 0.2) is 0 Å². The van der Waals surface area contributed by atoms with E-state index in [1.165, 1.54) is 6.20 Å². The number of aryl methyl sites for hydroxylation is 1. The van der Waals surface area contributed by atoms with Gasteiger partial charge in [-0.2, -0.15) is 0 Å². The first kappa shape index (κ1) is 12.6. The first-order valence-electron chi connectivity index (χ1n) is 5.60. The Kier molecular flexibility index (Phi) is 3.95. The summed E-state index contributed by atoms with van der Waals surface area (Å²) < 4.78 is 0. The number of carbonyl (C=O) groups is 1. The Morgan fingerprint density at radius 1 is 1.39 bits per heavy atom. The Hall–Kier alpha value is -1.87. The molecule has 92 valence electrons. The molecule has 0 spiro atoms. The summed E-state index contributed by atoms with van der Waals surface area (Å²) in [6, 6.07) is 9.50. The molecule has 0 atom stereocenters. The summed E-state index contributed by atoms with van der Waals surface area (Å²) in [7, 11) is 0. The number of aromatic nitrogens is 1. The zero-order chi connectivity index (χ0) is 13.0. The fourth-order valence-electron chi connectivity index (χ4n) is 1.67. The smallest absolute Gasteiger partial charge is 0.228 e. The van der Waals surface area contributed by atoms with E-state index in [9.17, 15) is 4.79 Å². The van der Waals surface area contributed by atoms with Crippen LogP contribution in [-0.2, 0) is 11.2 Å². The van der Waals surface area contributed by atoms with Crippen molar-refractivity contribution in [3.8, 4) is 0 Å². The fraction of sp³-hybridized carbons (Fsp3) is 0.143. The lowest BCUT2D eigenvalue weighted by molar-refractivity contribution is -0.115. The summed E-state index contributed by atoms with van der Waals surface area (Å²) in [6.45, 7) is 2.00. The second-order valence-corrected chi connectivity index (χ2v) is 4.48. The van der Waals surface area contributed by atoms with Crippen molar-refractivity contribution in [2.75, 3.05) is 5.32 Å². The normalized spacial score (nSPS) is 10.1. The molecule has 0 bridgehead atoms. The third-order valence-electron chi connectivity index (χ3n) is 2.49. The van der Waals surface area contributed by atoms with Crippen molar-refractivity contribution >= 4 is 23.2 Å². The number of rotatable bonds is 3. The summed E-state index contributed by atoms with van der Waals surface area (Å²) in [5.74, 6) is -0.101. The number of amides is 1. The molecule has 0 unspecified atom stereocenters. The number of carbonyl (C=O) groups excluding carboxylic acids is 1. The predicted molar refractivity (Wildman–Crippen MR) is 72.8 cm³/mol. The molecule has 3 nitrogen and oxygen atoms in total. The number of pyridine rings is 1. The second-order valence-electron chi connectivity index (χ2n) is 4.07. The van der Waals surface area contributed by atoms with E-state index in [1.54, 1.807) is 12.3 Å². The van der Waals surface area contributed by atoms with Crippen LogP contribution in [0.25, 0.3) is 0 Å². The Bertz CT molecular complexity index is 569. The van der Waals surface area contributed by atoms with Gasteiger partial charge < -0.3 is 5.32 Å². The second kappa shape index (κ2) is 5.65. The van der Waals surface area contributed by atoms with Gasteiger partial charge in [0, 0.05) is 6.20 Å². The molecule has 0 aliphatic carbocycles. The van der Waals surface area contributed by atoms with E-state index >= 15 is 0 Å². The molecule has 1 aromatic carbocycles. The highest BCUT2D eigenvalue weighted by atomic mass is 35.5. The van der Waals surface area contributed by atoms with Gasteiger partial charge in [-0.1, -0.05) is 41.4 Å². The van der Waals surface area contributed by atoms with Gasteiger partial charge in [0.1, 0.15) is 0 Å². The van der Waals surface area contributed by atoms with Gasteiger partial charge >= 0.3 is 0 Å². The van der Waals surface area contributed by atoms with Gasteiger partial charge in [0.2, 0.25) is 5.91 Å². The zero-order valence-corrected chi connectivity index (χ0v) is 10.7. The van der Waals surface area contributed by atoms with Crippen molar-refractivity contribution in [1.82, 2.24) is 4.98 Å². The summed E-state index contributed by atoms with van der Waals surface area (Å²) in [4.78, 5) is 15.8. The van der Waals surface area contributed by atoms with Crippen LogP contribution >= 0.6 is 11.6 Å². The third kappa shape index (κ3) is 3.31. The van der Waals surface area contributed by atoms with Crippen LogP contribution in [0.15, 0.2) is 42.7 Å². The Labute approximate surface area is 111 Å². The van der Waals surface area contributed by atoms with Crippen molar-refractivity contribution in [1.29, 1.82) is 0 Å². The lowest BCUT2D eigenvalue weighted by Gasteiger charge is -2.06. The van der Waals surface area contributed by atoms with Crippen LogP contribution in [0.5, 0.6) is 0 Å². The molecule has 0 aliphatic rings. The number of hydrogen-bond donors (Lipinski definition) is 1. The number of halogens is 1. The van der Waals surface area contributed by atoms with Crippen LogP contribution in [0.3, 0.4) is 0 Å². The number of nitrogens with one attached hydrogen (secondary N) is 1. The number of benzene rings is 1. The van der Waals surface area contributed by atoms with E-state index in [4.69, 9.17) is 11.6 Å². The van der Waals surface area contributed by atoms with E-state index in [2.05, 4.69) is 10.3 Å². The summed E-state index contributed by atoms with van der Waals surface area (Å²) in [6.07, 6.45) is 3.45. The highest BCUT2D eigenvalue weighted by Crippen LogP contribution is 2.19. The first-order valence-corrected chi connectivity index (χ1v) is 5.98. The van der Waals surface area contributed by atoms with Gasteiger partial charge in [-0.3, -0.25) is 9.78 Å². The average molecular weight is 261 g/mol. The molecule has 18 heavy (non-hydrogen) atoms.